The lowest BCUT2D eigenvalue weighted by Crippen LogP contribution is -2.42. The molecule has 1 saturated heterocycles. The molecular weight excluding hydrogens is 232 g/mol. The Balaban J connectivity index is 2.43. The molecule has 0 saturated carbocycles. The number of aliphatic hydroxyl groups is 1. The van der Waals surface area contributed by atoms with E-state index in [0.717, 1.165) is 17.0 Å². The van der Waals surface area contributed by atoms with Gasteiger partial charge in [0.25, 0.3) is 5.91 Å². The number of carbonyl (C=O) groups is 1. The number of nitrogens with zero attached hydrogens (tertiary/aromatic N) is 1. The Hall–Kier alpha value is -1.53. The van der Waals surface area contributed by atoms with Crippen LogP contribution in [0.1, 0.15) is 5.56 Å². The van der Waals surface area contributed by atoms with Gasteiger partial charge in [-0.25, -0.2) is 8.78 Å². The number of morpholine rings is 1. The van der Waals surface area contributed by atoms with Gasteiger partial charge in [0.05, 0.1) is 18.9 Å². The van der Waals surface area contributed by atoms with E-state index in [9.17, 15) is 13.6 Å². The monoisotopic (exact) mass is 243 g/mol. The zero-order valence-electron chi connectivity index (χ0n) is 8.95. The van der Waals surface area contributed by atoms with Crippen LogP contribution in [0, 0.1) is 11.6 Å². The number of hydrogen-bond donors (Lipinski definition) is 1. The van der Waals surface area contributed by atoms with E-state index in [1.807, 2.05) is 0 Å². The molecule has 4 nitrogen and oxygen atoms in total. The van der Waals surface area contributed by atoms with Gasteiger partial charge in [-0.1, -0.05) is 0 Å². The fourth-order valence-electron chi connectivity index (χ4n) is 1.71. The van der Waals surface area contributed by atoms with Crippen LogP contribution in [0.5, 0.6) is 0 Å². The molecule has 2 rings (SSSR count). The number of rotatable bonds is 2. The Morgan fingerprint density at radius 2 is 2.18 bits per heavy atom. The van der Waals surface area contributed by atoms with Gasteiger partial charge in [-0.3, -0.25) is 4.79 Å². The molecule has 1 aromatic rings. The fourth-order valence-corrected chi connectivity index (χ4v) is 1.71. The topological polar surface area (TPSA) is 49.8 Å². The molecule has 6 heteroatoms. The van der Waals surface area contributed by atoms with Crippen molar-refractivity contribution in [1.82, 2.24) is 0 Å². The molecule has 1 amide bonds. The van der Waals surface area contributed by atoms with E-state index >= 15 is 0 Å². The van der Waals surface area contributed by atoms with Crippen LogP contribution in [0.25, 0.3) is 0 Å². The van der Waals surface area contributed by atoms with E-state index in [4.69, 9.17) is 9.84 Å². The molecule has 0 radical (unpaired) electrons. The van der Waals surface area contributed by atoms with Gasteiger partial charge in [-0.2, -0.15) is 0 Å². The van der Waals surface area contributed by atoms with Crippen LogP contribution < -0.4 is 4.90 Å². The molecule has 1 heterocycles. The van der Waals surface area contributed by atoms with Gasteiger partial charge in [0.15, 0.2) is 5.82 Å². The van der Waals surface area contributed by atoms with E-state index in [0.29, 0.717) is 0 Å². The van der Waals surface area contributed by atoms with Gasteiger partial charge in [0.2, 0.25) is 0 Å². The summed E-state index contributed by atoms with van der Waals surface area (Å²) >= 11 is 0. The predicted molar refractivity (Wildman–Crippen MR) is 55.5 cm³/mol. The first kappa shape index (κ1) is 11.9. The van der Waals surface area contributed by atoms with Crippen LogP contribution in [-0.2, 0) is 16.1 Å². The molecule has 1 aromatic carbocycles. The van der Waals surface area contributed by atoms with Crippen molar-refractivity contribution in [3.63, 3.8) is 0 Å². The summed E-state index contributed by atoms with van der Waals surface area (Å²) in [5.41, 5.74) is -0.318. The highest BCUT2D eigenvalue weighted by molar-refractivity contribution is 5.95. The van der Waals surface area contributed by atoms with Crippen molar-refractivity contribution in [3.05, 3.63) is 29.3 Å². The summed E-state index contributed by atoms with van der Waals surface area (Å²) in [5.74, 6) is -1.89. The second kappa shape index (κ2) is 4.77. The normalized spacial score (nSPS) is 16.4. The summed E-state index contributed by atoms with van der Waals surface area (Å²) in [6, 6.07) is 1.85. The number of benzene rings is 1. The largest absolute Gasteiger partial charge is 0.392 e. The maximum absolute atomic E-state index is 13.8. The maximum atomic E-state index is 13.8. The predicted octanol–water partition coefficient (Wildman–Crippen LogP) is 0.820. The van der Waals surface area contributed by atoms with Crippen molar-refractivity contribution in [2.24, 2.45) is 0 Å². The van der Waals surface area contributed by atoms with E-state index in [1.165, 1.54) is 0 Å². The third-order valence-electron chi connectivity index (χ3n) is 2.54. The average Bonchev–Trinajstić information content (AvgIpc) is 2.32. The lowest BCUT2D eigenvalue weighted by molar-refractivity contribution is -0.125. The zero-order chi connectivity index (χ0) is 12.4. The second-order valence-electron chi connectivity index (χ2n) is 3.65. The van der Waals surface area contributed by atoms with Crippen LogP contribution in [-0.4, -0.2) is 30.8 Å². The van der Waals surface area contributed by atoms with Gasteiger partial charge < -0.3 is 14.7 Å². The lowest BCUT2D eigenvalue weighted by Gasteiger charge is -2.27. The molecule has 0 bridgehead atoms. The van der Waals surface area contributed by atoms with Gasteiger partial charge in [-0.05, 0) is 6.07 Å². The first-order valence-corrected chi connectivity index (χ1v) is 5.10. The number of halogens is 2. The molecule has 0 atom stereocenters. The lowest BCUT2D eigenvalue weighted by atomic mass is 10.1. The van der Waals surface area contributed by atoms with Gasteiger partial charge in [0.1, 0.15) is 12.4 Å². The third-order valence-corrected chi connectivity index (χ3v) is 2.54. The molecule has 1 fully saturated rings. The number of anilines is 1. The smallest absolute Gasteiger partial charge is 0.253 e. The molecule has 1 N–H and O–H groups in total. The van der Waals surface area contributed by atoms with Crippen molar-refractivity contribution < 1.29 is 23.4 Å². The average molecular weight is 243 g/mol. The molecule has 0 aliphatic carbocycles. The Bertz CT molecular complexity index is 451. The minimum Gasteiger partial charge on any atom is -0.392 e. The van der Waals surface area contributed by atoms with Crippen molar-refractivity contribution >= 4 is 11.6 Å². The van der Waals surface area contributed by atoms with E-state index in [2.05, 4.69) is 0 Å². The minimum absolute atomic E-state index is 0.148. The Labute approximate surface area is 96.4 Å². The second-order valence-corrected chi connectivity index (χ2v) is 3.65. The molecule has 92 valence electrons. The van der Waals surface area contributed by atoms with Crippen LogP contribution in [0.3, 0.4) is 0 Å². The number of hydrogen-bond acceptors (Lipinski definition) is 3. The van der Waals surface area contributed by atoms with Crippen LogP contribution in [0.2, 0.25) is 0 Å². The van der Waals surface area contributed by atoms with Crippen molar-refractivity contribution in [1.29, 1.82) is 0 Å². The third kappa shape index (κ3) is 2.27. The molecule has 1 aliphatic rings. The molecule has 0 spiro atoms. The quantitative estimate of drug-likeness (QED) is 0.836. The fraction of sp³-hybridized carbons (Fsp3) is 0.364. The summed E-state index contributed by atoms with van der Waals surface area (Å²) in [7, 11) is 0. The van der Waals surface area contributed by atoms with Crippen molar-refractivity contribution in [2.45, 2.75) is 6.61 Å². The Morgan fingerprint density at radius 1 is 1.41 bits per heavy atom. The number of ether oxygens (including phenoxy) is 1. The van der Waals surface area contributed by atoms with Crippen molar-refractivity contribution in [2.75, 3.05) is 24.7 Å². The summed E-state index contributed by atoms with van der Waals surface area (Å²) in [4.78, 5) is 12.6. The first-order chi connectivity index (χ1) is 8.13. The maximum Gasteiger partial charge on any atom is 0.253 e. The first-order valence-electron chi connectivity index (χ1n) is 5.10. The highest BCUT2D eigenvalue weighted by Gasteiger charge is 2.24. The number of aliphatic hydroxyl groups excluding tert-OH is 1. The Morgan fingerprint density at radius 3 is 2.82 bits per heavy atom. The van der Waals surface area contributed by atoms with Crippen LogP contribution >= 0.6 is 0 Å². The van der Waals surface area contributed by atoms with Crippen LogP contribution in [0.15, 0.2) is 12.1 Å². The van der Waals surface area contributed by atoms with E-state index < -0.39 is 24.1 Å². The van der Waals surface area contributed by atoms with Gasteiger partial charge in [0, 0.05) is 18.2 Å². The molecular formula is C11H11F2NO3. The van der Waals surface area contributed by atoms with Crippen molar-refractivity contribution in [3.8, 4) is 0 Å². The highest BCUT2D eigenvalue weighted by Crippen LogP contribution is 2.25. The standard InChI is InChI=1S/C11H11F2NO3/c12-8-3-7(5-15)11(13)9(4-8)14-1-2-17-6-10(14)16/h3-4,15H,1-2,5-6H2. The molecule has 0 aromatic heterocycles. The molecule has 17 heavy (non-hydrogen) atoms. The highest BCUT2D eigenvalue weighted by atomic mass is 19.1. The van der Waals surface area contributed by atoms with Gasteiger partial charge in [-0.15, -0.1) is 0 Å². The number of carbonyl (C=O) groups excluding carboxylic acids is 1. The molecule has 0 unspecified atom stereocenters. The summed E-state index contributed by atoms with van der Waals surface area (Å²) in [6.07, 6.45) is 0. The van der Waals surface area contributed by atoms with Crippen LogP contribution in [0.4, 0.5) is 14.5 Å². The van der Waals surface area contributed by atoms with Gasteiger partial charge >= 0.3 is 0 Å². The summed E-state index contributed by atoms with van der Waals surface area (Å²) in [6.45, 7) is -0.320. The SMILES string of the molecule is O=C1COCCN1c1cc(F)cc(CO)c1F. The summed E-state index contributed by atoms with van der Waals surface area (Å²) < 4.78 is 32.0. The zero-order valence-corrected chi connectivity index (χ0v) is 8.95. The van der Waals surface area contributed by atoms with E-state index in [-0.39, 0.29) is 31.0 Å². The molecule has 1 aliphatic heterocycles. The minimum atomic E-state index is -0.774. The summed E-state index contributed by atoms with van der Waals surface area (Å²) in [5, 5.41) is 8.90. The van der Waals surface area contributed by atoms with E-state index in [1.54, 1.807) is 0 Å². The Kier molecular flexibility index (Phi) is 3.35. The number of amides is 1.